The number of ether oxygens (including phenoxy) is 1. The van der Waals surface area contributed by atoms with E-state index in [0.29, 0.717) is 39.8 Å². The Balaban J connectivity index is 1.43. The maximum absolute atomic E-state index is 12.9. The average molecular weight is 428 g/mol. The van der Waals surface area contributed by atoms with Crippen LogP contribution in [0.2, 0.25) is 0 Å². The fourth-order valence-corrected chi connectivity index (χ4v) is 3.54. The van der Waals surface area contributed by atoms with Gasteiger partial charge in [0.2, 0.25) is 0 Å². The highest BCUT2D eigenvalue weighted by molar-refractivity contribution is 5.92. The smallest absolute Gasteiger partial charge is 0.265 e. The topological polar surface area (TPSA) is 73.2 Å². The highest BCUT2D eigenvalue weighted by Crippen LogP contribution is 2.19. The SMILES string of the molecule is Cc1nc2ccccc2c(=O)n1-c1ccc(NC(=O)COc2ccc(C(C)C)cc2)cc1. The second-order valence-electron chi connectivity index (χ2n) is 7.92. The molecule has 1 heterocycles. The Labute approximate surface area is 186 Å². The van der Waals surface area contributed by atoms with Crippen LogP contribution in [0.15, 0.2) is 77.6 Å². The fourth-order valence-electron chi connectivity index (χ4n) is 3.54. The second-order valence-corrected chi connectivity index (χ2v) is 7.92. The summed E-state index contributed by atoms with van der Waals surface area (Å²) < 4.78 is 7.14. The van der Waals surface area contributed by atoms with Gasteiger partial charge >= 0.3 is 0 Å². The van der Waals surface area contributed by atoms with Crippen molar-refractivity contribution in [2.75, 3.05) is 11.9 Å². The van der Waals surface area contributed by atoms with Crippen molar-refractivity contribution in [2.24, 2.45) is 0 Å². The van der Waals surface area contributed by atoms with E-state index in [1.807, 2.05) is 42.5 Å². The molecule has 3 aromatic carbocycles. The van der Waals surface area contributed by atoms with Crippen molar-refractivity contribution in [3.63, 3.8) is 0 Å². The minimum Gasteiger partial charge on any atom is -0.484 e. The summed E-state index contributed by atoms with van der Waals surface area (Å²) in [4.78, 5) is 29.7. The number of rotatable bonds is 6. The number of hydrogen-bond donors (Lipinski definition) is 1. The van der Waals surface area contributed by atoms with Crippen LogP contribution in [0.1, 0.15) is 31.2 Å². The van der Waals surface area contributed by atoms with E-state index in [-0.39, 0.29) is 18.1 Å². The number of amides is 1. The Morgan fingerprint density at radius 3 is 2.38 bits per heavy atom. The number of aromatic nitrogens is 2. The lowest BCUT2D eigenvalue weighted by molar-refractivity contribution is -0.118. The third kappa shape index (κ3) is 4.54. The third-order valence-electron chi connectivity index (χ3n) is 5.27. The predicted molar refractivity (Wildman–Crippen MR) is 127 cm³/mol. The first-order valence-electron chi connectivity index (χ1n) is 10.5. The number of aryl methyl sites for hydroxylation is 1. The molecule has 0 unspecified atom stereocenters. The molecule has 1 aromatic heterocycles. The quantitative estimate of drug-likeness (QED) is 0.478. The zero-order valence-corrected chi connectivity index (χ0v) is 18.3. The molecule has 4 aromatic rings. The van der Waals surface area contributed by atoms with E-state index < -0.39 is 0 Å². The lowest BCUT2D eigenvalue weighted by Gasteiger charge is -2.12. The van der Waals surface area contributed by atoms with Gasteiger partial charge < -0.3 is 10.1 Å². The summed E-state index contributed by atoms with van der Waals surface area (Å²) in [6.45, 7) is 5.97. The molecule has 0 aliphatic carbocycles. The molecular formula is C26H25N3O3. The standard InChI is InChI=1S/C26H25N3O3/c1-17(2)19-8-14-22(15-9-19)32-16-25(30)28-20-10-12-21(13-11-20)29-18(3)27-24-7-5-4-6-23(24)26(29)31/h4-15,17H,16H2,1-3H3,(H,28,30). The molecule has 0 saturated heterocycles. The van der Waals surface area contributed by atoms with E-state index in [0.717, 1.165) is 0 Å². The van der Waals surface area contributed by atoms with Crippen LogP contribution < -0.4 is 15.6 Å². The van der Waals surface area contributed by atoms with Crippen molar-refractivity contribution in [3.8, 4) is 11.4 Å². The van der Waals surface area contributed by atoms with E-state index in [4.69, 9.17) is 4.74 Å². The van der Waals surface area contributed by atoms with E-state index >= 15 is 0 Å². The molecule has 0 aliphatic heterocycles. The molecular weight excluding hydrogens is 402 g/mol. The van der Waals surface area contributed by atoms with E-state index in [1.54, 1.807) is 41.8 Å². The summed E-state index contributed by atoms with van der Waals surface area (Å²) in [6, 6.07) is 22.1. The van der Waals surface area contributed by atoms with Gasteiger partial charge in [-0.3, -0.25) is 14.2 Å². The largest absolute Gasteiger partial charge is 0.484 e. The predicted octanol–water partition coefficient (Wildman–Crippen LogP) is 4.84. The Hall–Kier alpha value is -3.93. The fraction of sp³-hybridized carbons (Fsp3) is 0.192. The first kappa shape index (κ1) is 21.3. The number of fused-ring (bicyclic) bond motifs is 1. The van der Waals surface area contributed by atoms with Crippen LogP contribution in [0.4, 0.5) is 5.69 Å². The van der Waals surface area contributed by atoms with Gasteiger partial charge in [0.1, 0.15) is 11.6 Å². The zero-order valence-electron chi connectivity index (χ0n) is 18.3. The summed E-state index contributed by atoms with van der Waals surface area (Å²) in [5.74, 6) is 1.44. The van der Waals surface area contributed by atoms with Gasteiger partial charge in [0, 0.05) is 5.69 Å². The van der Waals surface area contributed by atoms with Crippen molar-refractivity contribution in [3.05, 3.63) is 94.5 Å². The van der Waals surface area contributed by atoms with Crippen LogP contribution in [0.5, 0.6) is 5.75 Å². The maximum Gasteiger partial charge on any atom is 0.265 e. The molecule has 0 spiro atoms. The van der Waals surface area contributed by atoms with Gasteiger partial charge in [-0.15, -0.1) is 0 Å². The first-order valence-corrected chi connectivity index (χ1v) is 10.5. The van der Waals surface area contributed by atoms with Crippen LogP contribution in [0.25, 0.3) is 16.6 Å². The lowest BCUT2D eigenvalue weighted by atomic mass is 10.0. The van der Waals surface area contributed by atoms with Crippen molar-refractivity contribution in [1.82, 2.24) is 9.55 Å². The van der Waals surface area contributed by atoms with Gasteiger partial charge in [0.25, 0.3) is 11.5 Å². The molecule has 32 heavy (non-hydrogen) atoms. The molecule has 0 aliphatic rings. The average Bonchev–Trinajstić information content (AvgIpc) is 2.79. The Bertz CT molecular complexity index is 1310. The minimum absolute atomic E-state index is 0.0874. The molecule has 0 radical (unpaired) electrons. The number of nitrogens with one attached hydrogen (secondary N) is 1. The van der Waals surface area contributed by atoms with Gasteiger partial charge in [-0.05, 0) is 66.9 Å². The van der Waals surface area contributed by atoms with Crippen molar-refractivity contribution in [1.29, 1.82) is 0 Å². The number of carbonyl (C=O) groups is 1. The van der Waals surface area contributed by atoms with E-state index in [9.17, 15) is 9.59 Å². The highest BCUT2D eigenvalue weighted by atomic mass is 16.5. The molecule has 0 saturated carbocycles. The van der Waals surface area contributed by atoms with Crippen LogP contribution in [0, 0.1) is 6.92 Å². The second kappa shape index (κ2) is 9.06. The molecule has 1 N–H and O–H groups in total. The maximum atomic E-state index is 12.9. The molecule has 1 amide bonds. The van der Waals surface area contributed by atoms with Gasteiger partial charge in [0.05, 0.1) is 16.6 Å². The van der Waals surface area contributed by atoms with Crippen molar-refractivity contribution >= 4 is 22.5 Å². The number of benzene rings is 3. The molecule has 4 rings (SSSR count). The summed E-state index contributed by atoms with van der Waals surface area (Å²) in [5, 5.41) is 3.38. The normalized spacial score (nSPS) is 11.0. The summed E-state index contributed by atoms with van der Waals surface area (Å²) >= 11 is 0. The van der Waals surface area contributed by atoms with Gasteiger partial charge in [0.15, 0.2) is 6.61 Å². The molecule has 0 fully saturated rings. The molecule has 6 heteroatoms. The first-order chi connectivity index (χ1) is 15.4. The van der Waals surface area contributed by atoms with E-state index in [1.165, 1.54) is 5.56 Å². The van der Waals surface area contributed by atoms with Crippen molar-refractivity contribution < 1.29 is 9.53 Å². The van der Waals surface area contributed by atoms with Gasteiger partial charge in [-0.1, -0.05) is 38.1 Å². The third-order valence-corrected chi connectivity index (χ3v) is 5.27. The van der Waals surface area contributed by atoms with E-state index in [2.05, 4.69) is 24.1 Å². The Morgan fingerprint density at radius 2 is 1.69 bits per heavy atom. The van der Waals surface area contributed by atoms with Crippen LogP contribution in [0.3, 0.4) is 0 Å². The minimum atomic E-state index is -0.258. The Morgan fingerprint density at radius 1 is 1.00 bits per heavy atom. The highest BCUT2D eigenvalue weighted by Gasteiger charge is 2.10. The lowest BCUT2D eigenvalue weighted by Crippen LogP contribution is -2.22. The molecule has 6 nitrogen and oxygen atoms in total. The summed E-state index contributed by atoms with van der Waals surface area (Å²) in [5.41, 5.74) is 3.08. The van der Waals surface area contributed by atoms with Crippen molar-refractivity contribution in [2.45, 2.75) is 26.7 Å². The number of nitrogens with zero attached hydrogens (tertiary/aromatic N) is 2. The number of hydrogen-bond acceptors (Lipinski definition) is 4. The van der Waals surface area contributed by atoms with Gasteiger partial charge in [-0.2, -0.15) is 0 Å². The molecule has 162 valence electrons. The monoisotopic (exact) mass is 427 g/mol. The summed E-state index contributed by atoms with van der Waals surface area (Å²) in [6.07, 6.45) is 0. The number of carbonyl (C=O) groups excluding carboxylic acids is 1. The van der Waals surface area contributed by atoms with Crippen LogP contribution in [-0.4, -0.2) is 22.1 Å². The van der Waals surface area contributed by atoms with Crippen LogP contribution >= 0.6 is 0 Å². The summed E-state index contributed by atoms with van der Waals surface area (Å²) in [7, 11) is 0. The van der Waals surface area contributed by atoms with Crippen LogP contribution in [-0.2, 0) is 4.79 Å². The molecule has 0 atom stereocenters. The molecule has 0 bridgehead atoms. The number of anilines is 1. The number of para-hydroxylation sites is 1. The van der Waals surface area contributed by atoms with Gasteiger partial charge in [-0.25, -0.2) is 4.98 Å². The Kier molecular flexibility index (Phi) is 6.03. The zero-order chi connectivity index (χ0) is 22.7.